The van der Waals surface area contributed by atoms with Gasteiger partial charge in [-0.25, -0.2) is 4.79 Å². The van der Waals surface area contributed by atoms with E-state index in [1.54, 1.807) is 0 Å². The molecule has 1 N–H and O–H groups in total. The maximum absolute atomic E-state index is 11.9. The topological polar surface area (TPSA) is 44.8 Å². The molecule has 5 heteroatoms. The van der Waals surface area contributed by atoms with Crippen LogP contribution >= 0.6 is 0 Å². The molecule has 0 radical (unpaired) electrons. The number of piperazine rings is 1. The Morgan fingerprint density at radius 3 is 2.31 bits per heavy atom. The number of hydrogen-bond donors (Lipinski definition) is 1. The molecule has 1 amide bonds. The normalized spacial score (nSPS) is 25.1. The van der Waals surface area contributed by atoms with Gasteiger partial charge in [-0.15, -0.1) is 0 Å². The van der Waals surface area contributed by atoms with E-state index >= 15 is 0 Å². The summed E-state index contributed by atoms with van der Waals surface area (Å²) < 4.78 is 5.33. The van der Waals surface area contributed by atoms with E-state index in [4.69, 9.17) is 4.74 Å². The molecule has 2 aliphatic rings. The predicted molar refractivity (Wildman–Crippen MR) is 104 cm³/mol. The van der Waals surface area contributed by atoms with E-state index < -0.39 is 5.60 Å². The Morgan fingerprint density at radius 2 is 1.77 bits per heavy atom. The second kappa shape index (κ2) is 7.57. The van der Waals surface area contributed by atoms with Crippen LogP contribution in [0.15, 0.2) is 24.3 Å². The minimum atomic E-state index is -0.477. The number of alkyl carbamates (subject to hydrolysis) is 1. The number of fused-ring (bicyclic) bond motifs is 2. The number of carbonyl (C=O) groups is 1. The Balaban J connectivity index is 1.56. The number of carbonyl (C=O) groups excluding carboxylic acids is 1. The molecule has 2 aliphatic heterocycles. The SMILES string of the molecule is CC(NC(=O)OC(C)(C)C)c1ccc(CN2C3CCC2CN(C)C3)cc1. The third kappa shape index (κ3) is 4.77. The van der Waals surface area contributed by atoms with Gasteiger partial charge in [0.2, 0.25) is 0 Å². The molecule has 26 heavy (non-hydrogen) atoms. The molecule has 3 unspecified atom stereocenters. The number of likely N-dealkylation sites (tertiary alicyclic amines) is 1. The molecule has 0 aliphatic carbocycles. The summed E-state index contributed by atoms with van der Waals surface area (Å²) in [5, 5.41) is 2.91. The van der Waals surface area contributed by atoms with Gasteiger partial charge < -0.3 is 15.0 Å². The van der Waals surface area contributed by atoms with Crippen molar-refractivity contribution in [3.05, 3.63) is 35.4 Å². The fraction of sp³-hybridized carbons (Fsp3) is 0.667. The van der Waals surface area contributed by atoms with Crippen molar-refractivity contribution < 1.29 is 9.53 Å². The number of ether oxygens (including phenoxy) is 1. The predicted octanol–water partition coefficient (Wildman–Crippen LogP) is 3.55. The molecule has 2 fully saturated rings. The van der Waals surface area contributed by atoms with Gasteiger partial charge in [0, 0.05) is 31.7 Å². The van der Waals surface area contributed by atoms with Gasteiger partial charge in [0.25, 0.3) is 0 Å². The Morgan fingerprint density at radius 1 is 1.19 bits per heavy atom. The first-order chi connectivity index (χ1) is 12.2. The van der Waals surface area contributed by atoms with E-state index in [1.807, 2.05) is 27.7 Å². The summed E-state index contributed by atoms with van der Waals surface area (Å²) >= 11 is 0. The van der Waals surface area contributed by atoms with E-state index in [0.29, 0.717) is 12.1 Å². The molecule has 3 atom stereocenters. The number of benzene rings is 1. The number of hydrogen-bond acceptors (Lipinski definition) is 4. The highest BCUT2D eigenvalue weighted by Gasteiger charge is 2.38. The van der Waals surface area contributed by atoms with Crippen LogP contribution in [0.5, 0.6) is 0 Å². The first kappa shape index (κ1) is 19.2. The number of amides is 1. The molecule has 2 bridgehead atoms. The Hall–Kier alpha value is -1.59. The smallest absolute Gasteiger partial charge is 0.408 e. The van der Waals surface area contributed by atoms with Crippen LogP contribution in [0.1, 0.15) is 57.7 Å². The summed E-state index contributed by atoms with van der Waals surface area (Å²) in [6.45, 7) is 11.0. The number of nitrogens with zero attached hydrogens (tertiary/aromatic N) is 2. The van der Waals surface area contributed by atoms with Crippen molar-refractivity contribution in [1.29, 1.82) is 0 Å². The lowest BCUT2D eigenvalue weighted by Crippen LogP contribution is -2.51. The van der Waals surface area contributed by atoms with Crippen LogP contribution in [0.4, 0.5) is 4.79 Å². The molecule has 2 saturated heterocycles. The van der Waals surface area contributed by atoms with Crippen molar-refractivity contribution in [3.8, 4) is 0 Å². The minimum absolute atomic E-state index is 0.0706. The summed E-state index contributed by atoms with van der Waals surface area (Å²) in [6.07, 6.45) is 2.27. The van der Waals surface area contributed by atoms with Gasteiger partial charge in [-0.2, -0.15) is 0 Å². The van der Waals surface area contributed by atoms with Crippen molar-refractivity contribution in [2.24, 2.45) is 0 Å². The van der Waals surface area contributed by atoms with E-state index in [0.717, 1.165) is 12.1 Å². The zero-order chi connectivity index (χ0) is 18.9. The monoisotopic (exact) mass is 359 g/mol. The molecular weight excluding hydrogens is 326 g/mol. The average Bonchev–Trinajstić information content (AvgIpc) is 2.76. The first-order valence-electron chi connectivity index (χ1n) is 9.74. The number of nitrogens with one attached hydrogen (secondary N) is 1. The van der Waals surface area contributed by atoms with Crippen molar-refractivity contribution >= 4 is 6.09 Å². The fourth-order valence-electron chi connectivity index (χ4n) is 4.15. The van der Waals surface area contributed by atoms with Gasteiger partial charge in [0.15, 0.2) is 0 Å². The molecule has 3 rings (SSSR count). The van der Waals surface area contributed by atoms with Crippen LogP contribution in [0.3, 0.4) is 0 Å². The standard InChI is InChI=1S/C21H33N3O2/c1-15(22-20(25)26-21(2,3)4)17-8-6-16(7-9-17)12-24-18-10-11-19(24)14-23(5)13-18/h6-9,15,18-19H,10-14H2,1-5H3,(H,22,25). The maximum Gasteiger partial charge on any atom is 0.408 e. The lowest BCUT2D eigenvalue weighted by Gasteiger charge is -2.39. The van der Waals surface area contributed by atoms with E-state index in [-0.39, 0.29) is 12.1 Å². The van der Waals surface area contributed by atoms with Gasteiger partial charge in [0.1, 0.15) is 5.60 Å². The Bertz CT molecular complexity index is 609. The molecule has 144 valence electrons. The number of rotatable bonds is 4. The van der Waals surface area contributed by atoms with E-state index in [1.165, 1.54) is 31.5 Å². The molecular formula is C21H33N3O2. The van der Waals surface area contributed by atoms with Gasteiger partial charge >= 0.3 is 6.09 Å². The molecule has 0 saturated carbocycles. The fourth-order valence-corrected chi connectivity index (χ4v) is 4.15. The van der Waals surface area contributed by atoms with Gasteiger partial charge in [-0.05, 0) is 58.7 Å². The average molecular weight is 360 g/mol. The van der Waals surface area contributed by atoms with Crippen molar-refractivity contribution in [2.45, 2.75) is 70.8 Å². The van der Waals surface area contributed by atoms with Gasteiger partial charge in [-0.3, -0.25) is 4.90 Å². The Labute approximate surface area is 157 Å². The molecule has 1 aromatic rings. The van der Waals surface area contributed by atoms with Gasteiger partial charge in [0.05, 0.1) is 6.04 Å². The first-order valence-corrected chi connectivity index (χ1v) is 9.74. The molecule has 1 aromatic carbocycles. The summed E-state index contributed by atoms with van der Waals surface area (Å²) in [5.41, 5.74) is 1.97. The van der Waals surface area contributed by atoms with Crippen molar-refractivity contribution in [3.63, 3.8) is 0 Å². The van der Waals surface area contributed by atoms with E-state index in [9.17, 15) is 4.79 Å². The van der Waals surface area contributed by atoms with Gasteiger partial charge in [-0.1, -0.05) is 24.3 Å². The summed E-state index contributed by atoms with van der Waals surface area (Å²) in [5.74, 6) is 0. The van der Waals surface area contributed by atoms with Crippen molar-refractivity contribution in [1.82, 2.24) is 15.1 Å². The number of likely N-dealkylation sites (N-methyl/N-ethyl adjacent to an activating group) is 1. The maximum atomic E-state index is 11.9. The van der Waals surface area contributed by atoms with Crippen LogP contribution in [0.2, 0.25) is 0 Å². The van der Waals surface area contributed by atoms with Crippen LogP contribution in [-0.2, 0) is 11.3 Å². The largest absolute Gasteiger partial charge is 0.444 e. The Kier molecular flexibility index (Phi) is 5.58. The lowest BCUT2D eigenvalue weighted by molar-refractivity contribution is 0.0508. The van der Waals surface area contributed by atoms with Crippen molar-refractivity contribution in [2.75, 3.05) is 20.1 Å². The highest BCUT2D eigenvalue weighted by atomic mass is 16.6. The molecule has 0 aromatic heterocycles. The summed E-state index contributed by atoms with van der Waals surface area (Å²) in [4.78, 5) is 17.1. The molecule has 2 heterocycles. The summed E-state index contributed by atoms with van der Waals surface area (Å²) in [6, 6.07) is 9.96. The quantitative estimate of drug-likeness (QED) is 0.893. The van der Waals surface area contributed by atoms with E-state index in [2.05, 4.69) is 46.4 Å². The minimum Gasteiger partial charge on any atom is -0.444 e. The van der Waals surface area contributed by atoms with Crippen LogP contribution in [0.25, 0.3) is 0 Å². The van der Waals surface area contributed by atoms with Crippen LogP contribution < -0.4 is 5.32 Å². The summed E-state index contributed by atoms with van der Waals surface area (Å²) in [7, 11) is 2.23. The second-order valence-corrected chi connectivity index (χ2v) is 8.89. The van der Waals surface area contributed by atoms with Crippen LogP contribution in [-0.4, -0.2) is 53.7 Å². The third-order valence-corrected chi connectivity index (χ3v) is 5.39. The highest BCUT2D eigenvalue weighted by molar-refractivity contribution is 5.68. The van der Waals surface area contributed by atoms with Crippen LogP contribution in [0, 0.1) is 0 Å². The molecule has 0 spiro atoms. The highest BCUT2D eigenvalue weighted by Crippen LogP contribution is 2.31. The zero-order valence-electron chi connectivity index (χ0n) is 16.8. The zero-order valence-corrected chi connectivity index (χ0v) is 16.8. The third-order valence-electron chi connectivity index (χ3n) is 5.39. The lowest BCUT2D eigenvalue weighted by atomic mass is 10.0. The molecule has 5 nitrogen and oxygen atoms in total. The second-order valence-electron chi connectivity index (χ2n) is 8.89.